The number of benzene rings is 1. The second-order valence-corrected chi connectivity index (χ2v) is 8.13. The van der Waals surface area contributed by atoms with Crippen molar-refractivity contribution < 1.29 is 4.79 Å². The minimum Gasteiger partial charge on any atom is -0.355 e. The number of carbonyl (C=O) groups excluding carboxylic acids is 1. The second-order valence-electron chi connectivity index (χ2n) is 8.13. The normalized spacial score (nSPS) is 19.3. The lowest BCUT2D eigenvalue weighted by Crippen LogP contribution is -2.52. The van der Waals surface area contributed by atoms with Gasteiger partial charge in [-0.1, -0.05) is 30.3 Å². The van der Waals surface area contributed by atoms with Crippen LogP contribution in [0.5, 0.6) is 0 Å². The van der Waals surface area contributed by atoms with E-state index in [1.165, 1.54) is 5.56 Å². The van der Waals surface area contributed by atoms with Crippen LogP contribution in [-0.4, -0.2) is 72.3 Å². The quantitative estimate of drug-likeness (QED) is 0.835. The van der Waals surface area contributed by atoms with Crippen molar-refractivity contribution in [3.63, 3.8) is 0 Å². The number of nitrogens with one attached hydrogen (secondary N) is 1. The van der Waals surface area contributed by atoms with Gasteiger partial charge in [-0.05, 0) is 49.9 Å². The third-order valence-electron chi connectivity index (χ3n) is 5.95. The Hall–Kier alpha value is -2.51. The third kappa shape index (κ3) is 5.31. The summed E-state index contributed by atoms with van der Waals surface area (Å²) < 4.78 is 0. The summed E-state index contributed by atoms with van der Waals surface area (Å²) in [6.45, 7) is 5.52. The number of likely N-dealkylation sites (N-methyl/N-ethyl adjacent to an activating group) is 1. The molecule has 2 saturated heterocycles. The van der Waals surface area contributed by atoms with Gasteiger partial charge >= 0.3 is 0 Å². The van der Waals surface area contributed by atoms with E-state index in [0.29, 0.717) is 5.69 Å². The molecule has 0 spiro atoms. The number of piperidine rings is 1. The lowest BCUT2D eigenvalue weighted by molar-refractivity contribution is 0.0657. The Morgan fingerprint density at radius 1 is 0.966 bits per heavy atom. The molecule has 0 bridgehead atoms. The van der Waals surface area contributed by atoms with Crippen LogP contribution >= 0.6 is 0 Å². The van der Waals surface area contributed by atoms with Crippen molar-refractivity contribution in [3.05, 3.63) is 53.7 Å². The van der Waals surface area contributed by atoms with Gasteiger partial charge in [-0.25, -0.2) is 5.01 Å². The van der Waals surface area contributed by atoms with Gasteiger partial charge in [0.15, 0.2) is 11.5 Å². The molecule has 0 unspecified atom stereocenters. The van der Waals surface area contributed by atoms with E-state index in [1.54, 1.807) is 6.07 Å². The fourth-order valence-electron chi connectivity index (χ4n) is 4.05. The molecule has 2 aliphatic heterocycles. The predicted octanol–water partition coefficient (Wildman–Crippen LogP) is 1.83. The molecular formula is C22H30N6O. The summed E-state index contributed by atoms with van der Waals surface area (Å²) in [5, 5.41) is 10.5. The van der Waals surface area contributed by atoms with Crippen LogP contribution in [0, 0.1) is 5.92 Å². The Kier molecular flexibility index (Phi) is 6.36. The van der Waals surface area contributed by atoms with Crippen LogP contribution in [0.4, 0.5) is 5.82 Å². The lowest BCUT2D eigenvalue weighted by atomic mass is 9.90. The topological polar surface area (TPSA) is 64.6 Å². The molecule has 1 N–H and O–H groups in total. The molecule has 4 rings (SSSR count). The molecule has 1 aromatic carbocycles. The van der Waals surface area contributed by atoms with Crippen molar-refractivity contribution in [1.82, 2.24) is 25.5 Å². The SMILES string of the molecule is CN1CCN(NC(=O)c2ccc(N3CCC(Cc4ccccc4)CC3)nn2)CC1. The molecule has 7 heteroatoms. The van der Waals surface area contributed by atoms with E-state index >= 15 is 0 Å². The molecule has 2 aromatic rings. The van der Waals surface area contributed by atoms with Gasteiger partial charge in [0.2, 0.25) is 0 Å². The van der Waals surface area contributed by atoms with Gasteiger partial charge in [0.05, 0.1) is 0 Å². The summed E-state index contributed by atoms with van der Waals surface area (Å²) in [5.74, 6) is 1.39. The number of nitrogens with zero attached hydrogens (tertiary/aromatic N) is 5. The number of aromatic nitrogens is 2. The summed E-state index contributed by atoms with van der Waals surface area (Å²) in [6, 6.07) is 14.4. The van der Waals surface area contributed by atoms with Crippen LogP contribution in [0.1, 0.15) is 28.9 Å². The van der Waals surface area contributed by atoms with Crippen molar-refractivity contribution in [1.29, 1.82) is 0 Å². The Morgan fingerprint density at radius 2 is 1.69 bits per heavy atom. The first kappa shape index (κ1) is 19.8. The highest BCUT2D eigenvalue weighted by molar-refractivity contribution is 5.91. The average Bonchev–Trinajstić information content (AvgIpc) is 2.77. The minimum atomic E-state index is -0.185. The van der Waals surface area contributed by atoms with Crippen molar-refractivity contribution in [2.45, 2.75) is 19.3 Å². The predicted molar refractivity (Wildman–Crippen MR) is 114 cm³/mol. The molecule has 2 aliphatic rings. The average molecular weight is 395 g/mol. The van der Waals surface area contributed by atoms with E-state index in [2.05, 4.69) is 62.8 Å². The first-order chi connectivity index (χ1) is 14.2. The number of rotatable bonds is 5. The maximum atomic E-state index is 12.4. The van der Waals surface area contributed by atoms with Crippen LogP contribution in [0.3, 0.4) is 0 Å². The van der Waals surface area contributed by atoms with Gasteiger partial charge in [-0.15, -0.1) is 10.2 Å². The van der Waals surface area contributed by atoms with Crippen LogP contribution in [0.25, 0.3) is 0 Å². The summed E-state index contributed by atoms with van der Waals surface area (Å²) in [4.78, 5) is 16.9. The molecular weight excluding hydrogens is 364 g/mol. The van der Waals surface area contributed by atoms with Crippen LogP contribution in [-0.2, 0) is 6.42 Å². The zero-order valence-electron chi connectivity index (χ0n) is 17.1. The van der Waals surface area contributed by atoms with Gasteiger partial charge in [0, 0.05) is 39.3 Å². The second kappa shape index (κ2) is 9.33. The zero-order valence-corrected chi connectivity index (χ0v) is 17.1. The molecule has 0 saturated carbocycles. The zero-order chi connectivity index (χ0) is 20.1. The number of anilines is 1. The largest absolute Gasteiger partial charge is 0.355 e. The number of hydrogen-bond acceptors (Lipinski definition) is 6. The molecule has 0 atom stereocenters. The van der Waals surface area contributed by atoms with Gasteiger partial charge in [0.1, 0.15) is 0 Å². The maximum absolute atomic E-state index is 12.4. The summed E-state index contributed by atoms with van der Waals surface area (Å²) >= 11 is 0. The van der Waals surface area contributed by atoms with Crippen LogP contribution in [0.15, 0.2) is 42.5 Å². The molecule has 0 radical (unpaired) electrons. The number of hydrogen-bond donors (Lipinski definition) is 1. The van der Waals surface area contributed by atoms with Crippen LogP contribution < -0.4 is 10.3 Å². The number of carbonyl (C=O) groups is 1. The van der Waals surface area contributed by atoms with Gasteiger partial charge in [0.25, 0.3) is 5.91 Å². The molecule has 154 valence electrons. The standard InChI is InChI=1S/C22H30N6O/c1-26-13-15-28(16-14-26)25-22(29)20-7-8-21(24-23-20)27-11-9-19(10-12-27)17-18-5-3-2-4-6-18/h2-8,19H,9-17H2,1H3,(H,25,29). The summed E-state index contributed by atoms with van der Waals surface area (Å²) in [5.41, 5.74) is 4.72. The summed E-state index contributed by atoms with van der Waals surface area (Å²) in [7, 11) is 2.09. The summed E-state index contributed by atoms with van der Waals surface area (Å²) in [6.07, 6.45) is 3.45. The Labute approximate surface area is 172 Å². The molecule has 0 aliphatic carbocycles. The van der Waals surface area contributed by atoms with E-state index in [0.717, 1.165) is 70.3 Å². The smallest absolute Gasteiger partial charge is 0.286 e. The molecule has 7 nitrogen and oxygen atoms in total. The third-order valence-corrected chi connectivity index (χ3v) is 5.95. The Bertz CT molecular complexity index is 781. The lowest BCUT2D eigenvalue weighted by Gasteiger charge is -2.33. The van der Waals surface area contributed by atoms with E-state index in [9.17, 15) is 4.79 Å². The Balaban J connectivity index is 1.26. The minimum absolute atomic E-state index is 0.185. The van der Waals surface area contributed by atoms with Crippen molar-refractivity contribution in [3.8, 4) is 0 Å². The molecule has 3 heterocycles. The highest BCUT2D eigenvalue weighted by Crippen LogP contribution is 2.24. The van der Waals surface area contributed by atoms with Crippen molar-refractivity contribution in [2.24, 2.45) is 5.92 Å². The van der Waals surface area contributed by atoms with Gasteiger partial charge in [-0.2, -0.15) is 0 Å². The van der Waals surface area contributed by atoms with E-state index in [1.807, 2.05) is 11.1 Å². The first-order valence-corrected chi connectivity index (χ1v) is 10.5. The fourth-order valence-corrected chi connectivity index (χ4v) is 4.05. The van der Waals surface area contributed by atoms with Crippen LogP contribution in [0.2, 0.25) is 0 Å². The maximum Gasteiger partial charge on any atom is 0.286 e. The molecule has 1 amide bonds. The van der Waals surface area contributed by atoms with Gasteiger partial charge < -0.3 is 9.80 Å². The number of hydrazine groups is 1. The number of piperazine rings is 1. The first-order valence-electron chi connectivity index (χ1n) is 10.5. The van der Waals surface area contributed by atoms with Crippen molar-refractivity contribution >= 4 is 11.7 Å². The fraction of sp³-hybridized carbons (Fsp3) is 0.500. The monoisotopic (exact) mass is 394 g/mol. The molecule has 29 heavy (non-hydrogen) atoms. The number of amides is 1. The highest BCUT2D eigenvalue weighted by Gasteiger charge is 2.22. The van der Waals surface area contributed by atoms with E-state index in [-0.39, 0.29) is 5.91 Å². The van der Waals surface area contributed by atoms with Gasteiger partial charge in [-0.3, -0.25) is 10.2 Å². The Morgan fingerprint density at radius 3 is 2.34 bits per heavy atom. The van der Waals surface area contributed by atoms with Crippen molar-refractivity contribution in [2.75, 3.05) is 51.2 Å². The molecule has 2 fully saturated rings. The van der Waals surface area contributed by atoms with E-state index in [4.69, 9.17) is 0 Å². The van der Waals surface area contributed by atoms with E-state index < -0.39 is 0 Å². The highest BCUT2D eigenvalue weighted by atomic mass is 16.2. The molecule has 1 aromatic heterocycles.